The maximum atomic E-state index is 11.9. The van der Waals surface area contributed by atoms with Crippen LogP contribution in [0, 0.1) is 0 Å². The van der Waals surface area contributed by atoms with Gasteiger partial charge in [0, 0.05) is 12.1 Å². The second-order valence-corrected chi connectivity index (χ2v) is 3.35. The van der Waals surface area contributed by atoms with Crippen molar-refractivity contribution in [3.63, 3.8) is 0 Å². The molecule has 1 aromatic carbocycles. The number of hydroxylamine groups is 2. The summed E-state index contributed by atoms with van der Waals surface area (Å²) in [5.41, 5.74) is 1.89. The quantitative estimate of drug-likeness (QED) is 0.675. The van der Waals surface area contributed by atoms with Crippen LogP contribution in [-0.4, -0.2) is 24.6 Å². The van der Waals surface area contributed by atoms with Crippen molar-refractivity contribution in [3.05, 3.63) is 35.4 Å². The van der Waals surface area contributed by atoms with Crippen molar-refractivity contribution in [2.24, 2.45) is 0 Å². The number of fused-ring (bicyclic) bond motifs is 1. The van der Waals surface area contributed by atoms with Gasteiger partial charge in [0.25, 0.3) is 5.91 Å². The summed E-state index contributed by atoms with van der Waals surface area (Å²) < 4.78 is 0. The predicted octanol–water partition coefficient (Wildman–Crippen LogP) is 1.64. The van der Waals surface area contributed by atoms with E-state index in [1.165, 1.54) is 12.2 Å². The van der Waals surface area contributed by atoms with E-state index < -0.39 is 0 Å². The van der Waals surface area contributed by atoms with E-state index >= 15 is 0 Å². The average molecular weight is 191 g/mol. The standard InChI is InChI=1S/C11H13NO2/c1-14-12-8-4-6-9-5-2-3-7-10(9)11(12)13/h2-3,5,7H,4,6,8H2,1H3. The van der Waals surface area contributed by atoms with Gasteiger partial charge < -0.3 is 0 Å². The van der Waals surface area contributed by atoms with Crippen LogP contribution in [0.5, 0.6) is 0 Å². The highest BCUT2D eigenvalue weighted by molar-refractivity contribution is 5.95. The van der Waals surface area contributed by atoms with Crippen molar-refractivity contribution in [2.45, 2.75) is 12.8 Å². The highest BCUT2D eigenvalue weighted by Gasteiger charge is 2.21. The minimum Gasteiger partial charge on any atom is -0.274 e. The number of rotatable bonds is 1. The Balaban J connectivity index is 2.40. The molecule has 0 saturated heterocycles. The topological polar surface area (TPSA) is 29.5 Å². The Labute approximate surface area is 83.2 Å². The molecule has 3 nitrogen and oxygen atoms in total. The van der Waals surface area contributed by atoms with Crippen LogP contribution in [-0.2, 0) is 11.3 Å². The van der Waals surface area contributed by atoms with E-state index in [4.69, 9.17) is 4.84 Å². The summed E-state index contributed by atoms with van der Waals surface area (Å²) in [4.78, 5) is 16.9. The molecular formula is C11H13NO2. The van der Waals surface area contributed by atoms with Gasteiger partial charge in [-0.15, -0.1) is 0 Å². The van der Waals surface area contributed by atoms with E-state index in [-0.39, 0.29) is 5.91 Å². The number of carbonyl (C=O) groups is 1. The summed E-state index contributed by atoms with van der Waals surface area (Å²) in [6.45, 7) is 0.671. The van der Waals surface area contributed by atoms with Crippen molar-refractivity contribution < 1.29 is 9.63 Å². The highest BCUT2D eigenvalue weighted by atomic mass is 16.7. The summed E-state index contributed by atoms with van der Waals surface area (Å²) in [5, 5.41) is 1.42. The Morgan fingerprint density at radius 1 is 1.36 bits per heavy atom. The molecule has 0 aromatic heterocycles. The lowest BCUT2D eigenvalue weighted by atomic mass is 10.0. The van der Waals surface area contributed by atoms with Gasteiger partial charge in [-0.1, -0.05) is 18.2 Å². The van der Waals surface area contributed by atoms with Crippen LogP contribution in [0.3, 0.4) is 0 Å². The molecule has 74 valence electrons. The van der Waals surface area contributed by atoms with Gasteiger partial charge in [-0.3, -0.25) is 9.63 Å². The Kier molecular flexibility index (Phi) is 2.50. The highest BCUT2D eigenvalue weighted by Crippen LogP contribution is 2.18. The molecule has 0 radical (unpaired) electrons. The first-order chi connectivity index (χ1) is 6.83. The molecule has 1 aromatic rings. The summed E-state index contributed by atoms with van der Waals surface area (Å²) >= 11 is 0. The van der Waals surface area contributed by atoms with E-state index in [2.05, 4.69) is 0 Å². The fraction of sp³-hybridized carbons (Fsp3) is 0.364. The monoisotopic (exact) mass is 191 g/mol. The Morgan fingerprint density at radius 2 is 2.14 bits per heavy atom. The molecule has 0 fully saturated rings. The summed E-state index contributed by atoms with van der Waals surface area (Å²) in [7, 11) is 1.53. The first-order valence-electron chi connectivity index (χ1n) is 4.77. The summed E-state index contributed by atoms with van der Waals surface area (Å²) in [6.07, 6.45) is 1.90. The van der Waals surface area contributed by atoms with Gasteiger partial charge in [0.2, 0.25) is 0 Å². The number of amides is 1. The van der Waals surface area contributed by atoms with Crippen LogP contribution in [0.1, 0.15) is 22.3 Å². The second-order valence-electron chi connectivity index (χ2n) is 3.35. The smallest absolute Gasteiger partial charge is 0.274 e. The number of hydrogen-bond acceptors (Lipinski definition) is 2. The van der Waals surface area contributed by atoms with E-state index in [9.17, 15) is 4.79 Å². The molecule has 1 aliphatic rings. The molecule has 0 spiro atoms. The molecule has 0 saturated carbocycles. The molecule has 14 heavy (non-hydrogen) atoms. The summed E-state index contributed by atoms with van der Waals surface area (Å²) in [5.74, 6) is -0.0272. The first kappa shape index (κ1) is 9.21. The molecule has 3 heteroatoms. The number of carbonyl (C=O) groups excluding carboxylic acids is 1. The molecule has 0 bridgehead atoms. The lowest BCUT2D eigenvalue weighted by molar-refractivity contribution is -0.0942. The zero-order valence-electron chi connectivity index (χ0n) is 8.19. The van der Waals surface area contributed by atoms with Gasteiger partial charge in [0.1, 0.15) is 0 Å². The lowest BCUT2D eigenvalue weighted by Crippen LogP contribution is -2.29. The Hall–Kier alpha value is -1.35. The second kappa shape index (κ2) is 3.80. The number of nitrogens with zero attached hydrogens (tertiary/aromatic N) is 1. The van der Waals surface area contributed by atoms with Crippen molar-refractivity contribution in [2.75, 3.05) is 13.7 Å². The molecular weight excluding hydrogens is 178 g/mol. The molecule has 0 aliphatic carbocycles. The molecule has 2 rings (SSSR count). The maximum Gasteiger partial charge on any atom is 0.277 e. The summed E-state index contributed by atoms with van der Waals surface area (Å²) in [6, 6.07) is 7.71. The molecule has 0 atom stereocenters. The van der Waals surface area contributed by atoms with Crippen molar-refractivity contribution in [1.82, 2.24) is 5.06 Å². The van der Waals surface area contributed by atoms with Gasteiger partial charge >= 0.3 is 0 Å². The van der Waals surface area contributed by atoms with Gasteiger partial charge in [0.05, 0.1) is 7.11 Å². The molecule has 1 amide bonds. The van der Waals surface area contributed by atoms with Crippen molar-refractivity contribution in [1.29, 1.82) is 0 Å². The third kappa shape index (κ3) is 1.51. The minimum atomic E-state index is -0.0272. The van der Waals surface area contributed by atoms with Crippen LogP contribution >= 0.6 is 0 Å². The van der Waals surface area contributed by atoms with E-state index in [0.717, 1.165) is 24.0 Å². The average Bonchev–Trinajstić information content (AvgIpc) is 2.39. The molecule has 1 heterocycles. The largest absolute Gasteiger partial charge is 0.277 e. The van der Waals surface area contributed by atoms with E-state index in [1.54, 1.807) is 0 Å². The van der Waals surface area contributed by atoms with Gasteiger partial charge in [-0.2, -0.15) is 0 Å². The van der Waals surface area contributed by atoms with Gasteiger partial charge in [-0.05, 0) is 24.5 Å². The zero-order chi connectivity index (χ0) is 9.97. The Morgan fingerprint density at radius 3 is 2.93 bits per heavy atom. The van der Waals surface area contributed by atoms with Crippen LogP contribution in [0.2, 0.25) is 0 Å². The van der Waals surface area contributed by atoms with E-state index in [0.29, 0.717) is 6.54 Å². The van der Waals surface area contributed by atoms with Crippen molar-refractivity contribution in [3.8, 4) is 0 Å². The number of benzene rings is 1. The maximum absolute atomic E-state index is 11.9. The Bertz CT molecular complexity index is 349. The lowest BCUT2D eigenvalue weighted by Gasteiger charge is -2.16. The van der Waals surface area contributed by atoms with Gasteiger partial charge in [-0.25, -0.2) is 5.06 Å². The van der Waals surface area contributed by atoms with Gasteiger partial charge in [0.15, 0.2) is 0 Å². The third-order valence-electron chi connectivity index (χ3n) is 2.50. The number of hydrogen-bond donors (Lipinski definition) is 0. The minimum absolute atomic E-state index is 0.0272. The fourth-order valence-electron chi connectivity index (χ4n) is 1.77. The van der Waals surface area contributed by atoms with Crippen LogP contribution in [0.4, 0.5) is 0 Å². The SMILES string of the molecule is CON1CCCc2ccccc2C1=O. The first-order valence-corrected chi connectivity index (χ1v) is 4.77. The van der Waals surface area contributed by atoms with Crippen LogP contribution in [0.15, 0.2) is 24.3 Å². The van der Waals surface area contributed by atoms with Crippen LogP contribution in [0.25, 0.3) is 0 Å². The third-order valence-corrected chi connectivity index (χ3v) is 2.50. The fourth-order valence-corrected chi connectivity index (χ4v) is 1.77. The number of aryl methyl sites for hydroxylation is 1. The van der Waals surface area contributed by atoms with Crippen molar-refractivity contribution >= 4 is 5.91 Å². The molecule has 0 N–H and O–H groups in total. The molecule has 1 aliphatic heterocycles. The van der Waals surface area contributed by atoms with E-state index in [1.807, 2.05) is 24.3 Å². The molecule has 0 unspecified atom stereocenters. The zero-order valence-corrected chi connectivity index (χ0v) is 8.19. The predicted molar refractivity (Wildman–Crippen MR) is 52.8 cm³/mol. The van der Waals surface area contributed by atoms with Crippen LogP contribution < -0.4 is 0 Å². The normalized spacial score (nSPS) is 16.4.